The molecule has 2 amide bonds. The lowest BCUT2D eigenvalue weighted by molar-refractivity contribution is -0.134. The molecule has 0 aliphatic carbocycles. The summed E-state index contributed by atoms with van der Waals surface area (Å²) in [6, 6.07) is 18.5. The molecule has 188 valence electrons. The van der Waals surface area contributed by atoms with Gasteiger partial charge in [-0.2, -0.15) is 0 Å². The Morgan fingerprint density at radius 2 is 1.86 bits per heavy atom. The van der Waals surface area contributed by atoms with Crippen LogP contribution in [0, 0.1) is 11.7 Å². The smallest absolute Gasteiger partial charge is 0.265 e. The molecule has 7 heteroatoms. The molecule has 0 saturated carbocycles. The van der Waals surface area contributed by atoms with E-state index >= 15 is 0 Å². The third-order valence-electron chi connectivity index (χ3n) is 6.19. The Labute approximate surface area is 216 Å². The quantitative estimate of drug-likeness (QED) is 0.401. The number of carbonyl (C=O) groups is 2. The zero-order valence-electron chi connectivity index (χ0n) is 20.6. The monoisotopic (exact) mass is 508 g/mol. The first kappa shape index (κ1) is 25.7. The number of anilines is 1. The summed E-state index contributed by atoms with van der Waals surface area (Å²) in [5, 5.41) is 3.33. The van der Waals surface area contributed by atoms with Gasteiger partial charge in [0.1, 0.15) is 11.6 Å². The van der Waals surface area contributed by atoms with Crippen LogP contribution in [0.5, 0.6) is 5.75 Å². The summed E-state index contributed by atoms with van der Waals surface area (Å²) in [4.78, 5) is 27.7. The summed E-state index contributed by atoms with van der Waals surface area (Å²) in [7, 11) is 0. The highest BCUT2D eigenvalue weighted by Gasteiger charge is 2.33. The largest absolute Gasteiger partial charge is 0.481 e. The van der Waals surface area contributed by atoms with Crippen LogP contribution < -0.4 is 10.1 Å². The molecule has 2 atom stereocenters. The molecule has 3 aromatic rings. The Balaban J connectivity index is 1.61. The van der Waals surface area contributed by atoms with E-state index in [-0.39, 0.29) is 23.5 Å². The Morgan fingerprint density at radius 1 is 1.08 bits per heavy atom. The maximum Gasteiger partial charge on any atom is 0.265 e. The molecular weight excluding hydrogens is 479 g/mol. The van der Waals surface area contributed by atoms with Crippen molar-refractivity contribution in [1.29, 1.82) is 0 Å². The fraction of sp³-hybridized carbons (Fsp3) is 0.310. The predicted octanol–water partition coefficient (Wildman–Crippen LogP) is 6.41. The first-order chi connectivity index (χ1) is 17.2. The summed E-state index contributed by atoms with van der Waals surface area (Å²) in [6.07, 6.45) is 0.325. The summed E-state index contributed by atoms with van der Waals surface area (Å²) in [5.41, 5.74) is 3.24. The number of carbonyl (C=O) groups excluding carboxylic acids is 2. The van der Waals surface area contributed by atoms with Gasteiger partial charge in [0.05, 0.1) is 6.04 Å². The molecule has 5 nitrogen and oxygen atoms in total. The lowest BCUT2D eigenvalue weighted by Gasteiger charge is -2.38. The van der Waals surface area contributed by atoms with Crippen LogP contribution in [0.15, 0.2) is 66.7 Å². The number of fused-ring (bicyclic) bond motifs is 1. The highest BCUT2D eigenvalue weighted by atomic mass is 35.5. The number of rotatable bonds is 7. The van der Waals surface area contributed by atoms with Gasteiger partial charge in [0.2, 0.25) is 5.91 Å². The van der Waals surface area contributed by atoms with Crippen molar-refractivity contribution in [2.24, 2.45) is 5.92 Å². The van der Waals surface area contributed by atoms with E-state index in [0.29, 0.717) is 41.4 Å². The number of nitrogens with one attached hydrogen (secondary N) is 1. The highest BCUT2D eigenvalue weighted by Crippen LogP contribution is 2.38. The van der Waals surface area contributed by atoms with Crippen molar-refractivity contribution in [2.75, 3.05) is 11.9 Å². The second-order valence-electron chi connectivity index (χ2n) is 9.51. The third kappa shape index (κ3) is 6.05. The van der Waals surface area contributed by atoms with Crippen LogP contribution in [0.25, 0.3) is 0 Å². The molecule has 1 aliphatic rings. The van der Waals surface area contributed by atoms with Gasteiger partial charge in [-0.05, 0) is 78.4 Å². The molecule has 1 aliphatic heterocycles. The van der Waals surface area contributed by atoms with Crippen molar-refractivity contribution < 1.29 is 18.7 Å². The Bertz CT molecular complexity index is 1260. The molecular formula is C29H30ClFN2O3. The van der Waals surface area contributed by atoms with Crippen molar-refractivity contribution >= 4 is 29.1 Å². The van der Waals surface area contributed by atoms with Crippen molar-refractivity contribution in [3.63, 3.8) is 0 Å². The zero-order chi connectivity index (χ0) is 25.8. The van der Waals surface area contributed by atoms with E-state index < -0.39 is 12.1 Å². The van der Waals surface area contributed by atoms with Crippen LogP contribution in [0.3, 0.4) is 0 Å². The lowest BCUT2D eigenvalue weighted by atomic mass is 9.87. The Kier molecular flexibility index (Phi) is 7.94. The van der Waals surface area contributed by atoms with E-state index in [9.17, 15) is 14.0 Å². The van der Waals surface area contributed by atoms with Crippen LogP contribution in [0.1, 0.15) is 49.9 Å². The molecule has 1 N–H and O–H groups in total. The molecule has 0 saturated heterocycles. The van der Waals surface area contributed by atoms with E-state index in [0.717, 1.165) is 11.1 Å². The fourth-order valence-corrected chi connectivity index (χ4v) is 4.70. The van der Waals surface area contributed by atoms with Gasteiger partial charge in [-0.1, -0.05) is 49.7 Å². The zero-order valence-corrected chi connectivity index (χ0v) is 21.4. The maximum absolute atomic E-state index is 14.2. The van der Waals surface area contributed by atoms with E-state index in [1.54, 1.807) is 37.3 Å². The molecule has 3 aromatic carbocycles. The molecule has 0 radical (unpaired) electrons. The number of ether oxygens (including phenoxy) is 1. The summed E-state index contributed by atoms with van der Waals surface area (Å²) < 4.78 is 20.2. The molecule has 0 bridgehead atoms. The van der Waals surface area contributed by atoms with Crippen molar-refractivity contribution in [3.8, 4) is 5.75 Å². The van der Waals surface area contributed by atoms with Gasteiger partial charge in [0.25, 0.3) is 5.91 Å². The normalized spacial score (nSPS) is 15.8. The molecule has 1 heterocycles. The highest BCUT2D eigenvalue weighted by molar-refractivity contribution is 6.30. The average molecular weight is 509 g/mol. The standard InChI is InChI=1S/C29H30ClFN2O3/c1-18(2)14-27(34)33-13-12-20-10-11-25(17-26(20)28(33)21-6-4-8-23(31)15-21)36-19(3)29(35)32-24-9-5-7-22(30)16-24/h4-11,15-19,28H,12-14H2,1-3H3,(H,32,35)/t19-,28-/m1/s1. The van der Waals surface area contributed by atoms with E-state index in [1.165, 1.54) is 12.1 Å². The SMILES string of the molecule is CC(C)CC(=O)N1CCc2ccc(O[C@H](C)C(=O)Nc3cccc(Cl)c3)cc2[C@H]1c1cccc(F)c1. The maximum atomic E-state index is 14.2. The summed E-state index contributed by atoms with van der Waals surface area (Å²) in [6.45, 7) is 6.24. The first-order valence-corrected chi connectivity index (χ1v) is 12.5. The number of halogens is 2. The van der Waals surface area contributed by atoms with Gasteiger partial charge < -0.3 is 15.0 Å². The van der Waals surface area contributed by atoms with E-state index in [4.69, 9.17) is 16.3 Å². The van der Waals surface area contributed by atoms with Gasteiger partial charge in [-0.15, -0.1) is 0 Å². The van der Waals surface area contributed by atoms with Gasteiger partial charge in [0, 0.05) is 23.7 Å². The van der Waals surface area contributed by atoms with Crippen LogP contribution >= 0.6 is 11.6 Å². The predicted molar refractivity (Wildman–Crippen MR) is 140 cm³/mol. The minimum absolute atomic E-state index is 0.0329. The molecule has 0 aromatic heterocycles. The fourth-order valence-electron chi connectivity index (χ4n) is 4.51. The van der Waals surface area contributed by atoms with Crippen LogP contribution in [-0.2, 0) is 16.0 Å². The minimum Gasteiger partial charge on any atom is -0.481 e. The van der Waals surface area contributed by atoms with E-state index in [2.05, 4.69) is 5.32 Å². The number of hydrogen-bond acceptors (Lipinski definition) is 3. The van der Waals surface area contributed by atoms with Crippen molar-refractivity contribution in [1.82, 2.24) is 4.90 Å². The summed E-state index contributed by atoms with van der Waals surface area (Å²) >= 11 is 6.01. The second kappa shape index (κ2) is 11.1. The topological polar surface area (TPSA) is 58.6 Å². The molecule has 36 heavy (non-hydrogen) atoms. The molecule has 4 rings (SSSR count). The minimum atomic E-state index is -0.781. The number of benzene rings is 3. The van der Waals surface area contributed by atoms with Gasteiger partial charge in [-0.25, -0.2) is 4.39 Å². The van der Waals surface area contributed by atoms with Crippen LogP contribution in [-0.4, -0.2) is 29.4 Å². The summed E-state index contributed by atoms with van der Waals surface area (Å²) in [5.74, 6) is 0.0770. The number of hydrogen-bond donors (Lipinski definition) is 1. The number of amides is 2. The van der Waals surface area contributed by atoms with Crippen LogP contribution in [0.2, 0.25) is 5.02 Å². The Hall–Kier alpha value is -3.38. The van der Waals surface area contributed by atoms with Gasteiger partial charge in [0.15, 0.2) is 6.10 Å². The molecule has 0 spiro atoms. The van der Waals surface area contributed by atoms with Crippen LogP contribution in [0.4, 0.5) is 10.1 Å². The molecule has 0 unspecified atom stereocenters. The lowest BCUT2D eigenvalue weighted by Crippen LogP contribution is -2.41. The average Bonchev–Trinajstić information content (AvgIpc) is 2.82. The van der Waals surface area contributed by atoms with Crippen molar-refractivity contribution in [2.45, 2.75) is 45.8 Å². The Morgan fingerprint density at radius 3 is 2.58 bits per heavy atom. The van der Waals surface area contributed by atoms with Gasteiger partial charge in [-0.3, -0.25) is 9.59 Å². The third-order valence-corrected chi connectivity index (χ3v) is 6.42. The second-order valence-corrected chi connectivity index (χ2v) is 9.95. The number of nitrogens with zero attached hydrogens (tertiary/aromatic N) is 1. The van der Waals surface area contributed by atoms with Crippen molar-refractivity contribution in [3.05, 3.63) is 94.3 Å². The molecule has 0 fully saturated rings. The van der Waals surface area contributed by atoms with Gasteiger partial charge >= 0.3 is 0 Å². The van der Waals surface area contributed by atoms with E-state index in [1.807, 2.05) is 43.0 Å². The first-order valence-electron chi connectivity index (χ1n) is 12.1.